The number of rotatable bonds is 16. The number of amides is 4. The Morgan fingerprint density at radius 2 is 1.45 bits per heavy atom. The van der Waals surface area contributed by atoms with Gasteiger partial charge in [-0.1, -0.05) is 80.6 Å². The molecule has 4 rings (SSSR count). The fourth-order valence-electron chi connectivity index (χ4n) is 5.32. The van der Waals surface area contributed by atoms with E-state index in [2.05, 4.69) is 30.9 Å². The molecule has 4 atom stereocenters. The second-order valence-corrected chi connectivity index (χ2v) is 12.3. The first-order valence-corrected chi connectivity index (χ1v) is 16.3. The number of aliphatic hydroxyl groups is 1. The second-order valence-electron chi connectivity index (χ2n) is 12.3. The monoisotopic (exact) mass is 667 g/mol. The maximum Gasteiger partial charge on any atom is 0.407 e. The highest BCUT2D eigenvalue weighted by Gasteiger charge is 2.31. The number of benzene rings is 2. The van der Waals surface area contributed by atoms with Crippen molar-refractivity contribution < 1.29 is 24.2 Å². The van der Waals surface area contributed by atoms with Gasteiger partial charge in [-0.2, -0.15) is 0 Å². The van der Waals surface area contributed by atoms with E-state index in [9.17, 15) is 19.5 Å². The van der Waals surface area contributed by atoms with Gasteiger partial charge in [0.1, 0.15) is 19.0 Å². The van der Waals surface area contributed by atoms with E-state index in [-0.39, 0.29) is 25.5 Å². The van der Waals surface area contributed by atoms with Crippen molar-refractivity contribution in [2.45, 2.75) is 70.5 Å². The molecular weight excluding hydrogens is 622 g/mol. The molecule has 2 heterocycles. The van der Waals surface area contributed by atoms with Crippen molar-refractivity contribution >= 4 is 18.0 Å². The summed E-state index contributed by atoms with van der Waals surface area (Å²) in [5, 5.41) is 20.5. The number of hydrogen-bond acceptors (Lipinski definition) is 8. The lowest BCUT2D eigenvalue weighted by atomic mass is 9.93. The van der Waals surface area contributed by atoms with Crippen LogP contribution >= 0.6 is 0 Å². The fraction of sp³-hybridized carbons (Fsp3) is 0.351. The standard InChI is InChI=1S/C37H45N7O5/c1-26(2)34(43-36(47)44(3)23-30-16-10-11-17-40-30)35(46)42-32(19-28-14-8-5-9-15-28)33(45)20-31(18-27-12-6-4-7-13-27)41-37(48)49-24-29-21-38-25-39-22-29/h4-17,21-22,25-26,31-34,45H,18-20,23-24H2,1-3H3,(H,41,48)(H,42,46)(H,43,47)/t31-,32-,33-,34-/m0/s1. The minimum absolute atomic E-state index is 0.0146. The average molecular weight is 668 g/mol. The second kappa shape index (κ2) is 18.8. The highest BCUT2D eigenvalue weighted by molar-refractivity contribution is 5.87. The number of urea groups is 1. The van der Waals surface area contributed by atoms with Crippen molar-refractivity contribution in [2.75, 3.05) is 7.05 Å². The van der Waals surface area contributed by atoms with Gasteiger partial charge in [0.25, 0.3) is 0 Å². The van der Waals surface area contributed by atoms with Crippen LogP contribution in [-0.4, -0.2) is 74.3 Å². The minimum atomic E-state index is -1.07. The quantitative estimate of drug-likeness (QED) is 0.139. The molecule has 0 fully saturated rings. The highest BCUT2D eigenvalue weighted by Crippen LogP contribution is 2.16. The zero-order valence-corrected chi connectivity index (χ0v) is 28.1. The van der Waals surface area contributed by atoms with Gasteiger partial charge in [-0.15, -0.1) is 0 Å². The third-order valence-electron chi connectivity index (χ3n) is 7.95. The number of aromatic nitrogens is 3. The largest absolute Gasteiger partial charge is 0.445 e. The predicted molar refractivity (Wildman–Crippen MR) is 185 cm³/mol. The molecule has 12 nitrogen and oxygen atoms in total. The van der Waals surface area contributed by atoms with Gasteiger partial charge < -0.3 is 30.7 Å². The molecule has 4 amide bonds. The van der Waals surface area contributed by atoms with Crippen LogP contribution in [0.15, 0.2) is 104 Å². The molecule has 2 aromatic carbocycles. The summed E-state index contributed by atoms with van der Waals surface area (Å²) in [5.74, 6) is -0.675. The number of alkyl carbamates (subject to hydrolysis) is 1. The van der Waals surface area contributed by atoms with Crippen LogP contribution < -0.4 is 16.0 Å². The predicted octanol–water partition coefficient (Wildman–Crippen LogP) is 4.05. The van der Waals surface area contributed by atoms with Crippen molar-refractivity contribution in [3.05, 3.63) is 126 Å². The molecule has 0 saturated carbocycles. The Labute approximate surface area is 287 Å². The van der Waals surface area contributed by atoms with E-state index in [0.717, 1.165) is 11.1 Å². The number of nitrogens with one attached hydrogen (secondary N) is 3. The SMILES string of the molecule is CC(C)[C@H](NC(=O)N(C)Cc1ccccn1)C(=O)N[C@@H](Cc1ccccc1)[C@@H](O)C[C@H](Cc1ccccc1)NC(=O)OCc1cncnc1. The van der Waals surface area contributed by atoms with Crippen molar-refractivity contribution in [1.29, 1.82) is 0 Å². The van der Waals surface area contributed by atoms with Gasteiger partial charge in [-0.25, -0.2) is 19.6 Å². The Bertz CT molecular complexity index is 1580. The summed E-state index contributed by atoms with van der Waals surface area (Å²) < 4.78 is 5.42. The first kappa shape index (κ1) is 36.5. The van der Waals surface area contributed by atoms with E-state index in [0.29, 0.717) is 24.1 Å². The maximum absolute atomic E-state index is 13.8. The summed E-state index contributed by atoms with van der Waals surface area (Å²) in [5.41, 5.74) is 3.22. The number of aliphatic hydroxyl groups excluding tert-OH is 1. The summed E-state index contributed by atoms with van der Waals surface area (Å²) in [4.78, 5) is 53.5. The number of ether oxygens (including phenoxy) is 1. The Kier molecular flexibility index (Phi) is 14.0. The van der Waals surface area contributed by atoms with Gasteiger partial charge in [-0.05, 0) is 48.4 Å². The lowest BCUT2D eigenvalue weighted by Gasteiger charge is -2.31. The molecule has 2 aromatic heterocycles. The number of pyridine rings is 1. The van der Waals surface area contributed by atoms with Crippen molar-refractivity contribution in [2.24, 2.45) is 5.92 Å². The van der Waals surface area contributed by atoms with E-state index >= 15 is 0 Å². The summed E-state index contributed by atoms with van der Waals surface area (Å²) in [7, 11) is 1.64. The van der Waals surface area contributed by atoms with Crippen LogP contribution in [0.25, 0.3) is 0 Å². The Balaban J connectivity index is 1.48. The molecule has 12 heteroatoms. The molecule has 0 spiro atoms. The van der Waals surface area contributed by atoms with Gasteiger partial charge >= 0.3 is 12.1 Å². The molecule has 0 saturated heterocycles. The molecule has 0 unspecified atom stereocenters. The summed E-state index contributed by atoms with van der Waals surface area (Å²) in [6.07, 6.45) is 5.30. The fourth-order valence-corrected chi connectivity index (χ4v) is 5.32. The first-order valence-electron chi connectivity index (χ1n) is 16.3. The first-order chi connectivity index (χ1) is 23.7. The van der Waals surface area contributed by atoms with E-state index in [4.69, 9.17) is 4.74 Å². The minimum Gasteiger partial charge on any atom is -0.445 e. The maximum atomic E-state index is 13.8. The number of nitrogens with zero attached hydrogens (tertiary/aromatic N) is 4. The Morgan fingerprint density at radius 1 is 0.816 bits per heavy atom. The Morgan fingerprint density at radius 3 is 2.06 bits per heavy atom. The van der Waals surface area contributed by atoms with Crippen LogP contribution in [0.2, 0.25) is 0 Å². The van der Waals surface area contributed by atoms with Crippen LogP contribution in [0, 0.1) is 5.92 Å². The molecule has 0 radical (unpaired) electrons. The molecule has 0 aliphatic heterocycles. The van der Waals surface area contributed by atoms with Crippen LogP contribution in [0.5, 0.6) is 0 Å². The smallest absolute Gasteiger partial charge is 0.407 e. The van der Waals surface area contributed by atoms with Crippen LogP contribution in [0.4, 0.5) is 9.59 Å². The third kappa shape index (κ3) is 12.3. The van der Waals surface area contributed by atoms with E-state index in [1.807, 2.05) is 86.6 Å². The molecule has 0 aliphatic rings. The van der Waals surface area contributed by atoms with Crippen LogP contribution in [0.1, 0.15) is 42.7 Å². The lowest BCUT2D eigenvalue weighted by molar-refractivity contribution is -0.125. The van der Waals surface area contributed by atoms with Gasteiger partial charge in [0.15, 0.2) is 0 Å². The number of carbonyl (C=O) groups excluding carboxylic acids is 3. The lowest BCUT2D eigenvalue weighted by Crippen LogP contribution is -2.57. The van der Waals surface area contributed by atoms with Gasteiger partial charge in [0, 0.05) is 37.2 Å². The zero-order valence-electron chi connectivity index (χ0n) is 28.1. The van der Waals surface area contributed by atoms with Crippen molar-refractivity contribution in [3.8, 4) is 0 Å². The summed E-state index contributed by atoms with van der Waals surface area (Å²) >= 11 is 0. The molecule has 4 N–H and O–H groups in total. The molecule has 49 heavy (non-hydrogen) atoms. The third-order valence-corrected chi connectivity index (χ3v) is 7.95. The summed E-state index contributed by atoms with van der Waals surface area (Å²) in [6, 6.07) is 22.0. The van der Waals surface area contributed by atoms with Crippen LogP contribution in [-0.2, 0) is 35.5 Å². The van der Waals surface area contributed by atoms with E-state index in [1.54, 1.807) is 31.7 Å². The molecule has 258 valence electrons. The van der Waals surface area contributed by atoms with Gasteiger partial charge in [0.2, 0.25) is 5.91 Å². The molecule has 0 aliphatic carbocycles. The van der Waals surface area contributed by atoms with Gasteiger partial charge in [0.05, 0.1) is 24.4 Å². The van der Waals surface area contributed by atoms with Crippen molar-refractivity contribution in [3.63, 3.8) is 0 Å². The molecule has 0 bridgehead atoms. The topological polar surface area (TPSA) is 159 Å². The molecular formula is C37H45N7O5. The molecule has 4 aromatic rings. The van der Waals surface area contributed by atoms with Crippen molar-refractivity contribution in [1.82, 2.24) is 35.8 Å². The van der Waals surface area contributed by atoms with E-state index in [1.165, 1.54) is 11.2 Å². The highest BCUT2D eigenvalue weighted by atomic mass is 16.5. The summed E-state index contributed by atoms with van der Waals surface area (Å²) in [6.45, 7) is 3.95. The number of hydrogen-bond donors (Lipinski definition) is 4. The van der Waals surface area contributed by atoms with E-state index < -0.39 is 42.3 Å². The Hall–Kier alpha value is -5.36. The van der Waals surface area contributed by atoms with Gasteiger partial charge in [-0.3, -0.25) is 9.78 Å². The number of carbonyl (C=O) groups is 3. The normalized spacial score (nSPS) is 13.4. The average Bonchev–Trinajstić information content (AvgIpc) is 3.10. The van der Waals surface area contributed by atoms with Crippen LogP contribution in [0.3, 0.4) is 0 Å². The zero-order chi connectivity index (χ0) is 35.0.